The van der Waals surface area contributed by atoms with Crippen LogP contribution in [-0.2, 0) is 11.2 Å². The van der Waals surface area contributed by atoms with Crippen molar-refractivity contribution in [2.24, 2.45) is 0 Å². The van der Waals surface area contributed by atoms with Gasteiger partial charge in [-0.05, 0) is 74.1 Å². The van der Waals surface area contributed by atoms with E-state index in [1.807, 2.05) is 44.3 Å². The number of carbonyl (C=O) groups excluding carboxylic acids is 1. The molecule has 0 aliphatic rings. The fourth-order valence-corrected chi connectivity index (χ4v) is 2.86. The highest BCUT2D eigenvalue weighted by Gasteiger charge is 2.05. The molecule has 0 amide bonds. The van der Waals surface area contributed by atoms with Crippen LogP contribution in [-0.4, -0.2) is 20.4 Å². The zero-order chi connectivity index (χ0) is 20.2. The van der Waals surface area contributed by atoms with Crippen LogP contribution < -0.4 is 10.1 Å². The second-order valence-electron chi connectivity index (χ2n) is 6.55. The summed E-state index contributed by atoms with van der Waals surface area (Å²) in [6.45, 7) is 8.38. The Labute approximate surface area is 164 Å². The smallest absolute Gasteiger partial charge is 0.150 e. The van der Waals surface area contributed by atoms with Crippen LogP contribution >= 0.6 is 0 Å². The zero-order valence-electron chi connectivity index (χ0n) is 17.6. The molecule has 0 atom stereocenters. The number of aldehydes is 1. The second-order valence-corrected chi connectivity index (χ2v) is 6.55. The molecule has 0 unspecified atom stereocenters. The maximum absolute atomic E-state index is 11.7. The highest BCUT2D eigenvalue weighted by Crippen LogP contribution is 2.21. The van der Waals surface area contributed by atoms with Crippen LogP contribution in [0.15, 0.2) is 70.5 Å². The van der Waals surface area contributed by atoms with Crippen molar-refractivity contribution in [3.05, 3.63) is 76.0 Å². The molecular weight excluding hydrogens is 334 g/mol. The first-order valence-corrected chi connectivity index (χ1v) is 9.53. The largest absolute Gasteiger partial charge is 0.497 e. The van der Waals surface area contributed by atoms with Gasteiger partial charge < -0.3 is 10.1 Å². The molecule has 146 valence electrons. The average Bonchev–Trinajstić information content (AvgIpc) is 2.70. The predicted octanol–water partition coefficient (Wildman–Crippen LogP) is 5.55. The minimum Gasteiger partial charge on any atom is -0.497 e. The van der Waals surface area contributed by atoms with Crippen LogP contribution in [0.25, 0.3) is 0 Å². The predicted molar refractivity (Wildman–Crippen MR) is 115 cm³/mol. The summed E-state index contributed by atoms with van der Waals surface area (Å²) in [5.74, 6) is 0.847. The molecule has 0 saturated carbocycles. The van der Waals surface area contributed by atoms with Crippen molar-refractivity contribution >= 4 is 6.29 Å². The number of ether oxygens (including phenoxy) is 1. The summed E-state index contributed by atoms with van der Waals surface area (Å²) in [7, 11) is 3.58. The minimum atomic E-state index is 0.676. The highest BCUT2D eigenvalue weighted by molar-refractivity contribution is 5.79. The number of likely N-dealkylation sites (N-methyl/N-ethyl adjacent to an activating group) is 1. The third kappa shape index (κ3) is 7.30. The minimum absolute atomic E-state index is 0.676. The lowest BCUT2D eigenvalue weighted by molar-refractivity contribution is -0.104. The van der Waals surface area contributed by atoms with Crippen LogP contribution in [0.5, 0.6) is 5.75 Å². The van der Waals surface area contributed by atoms with Crippen molar-refractivity contribution in [3.8, 4) is 5.75 Å². The molecule has 0 spiro atoms. The standard InChI is InChI=1S/C24H33NO2/c1-7-10-24(25-5)19(4)13-21(17-26)15-22(18(3)8-2)14-20-11-9-12-23(16-20)27-6/h9-13,15-17,25H,7-8,14H2,1-6H3/b19-13+,21-15+,22-18+,24-10-. The molecule has 1 rings (SSSR count). The van der Waals surface area contributed by atoms with E-state index in [2.05, 4.69) is 38.2 Å². The third-order valence-electron chi connectivity index (χ3n) is 4.57. The molecule has 3 nitrogen and oxygen atoms in total. The van der Waals surface area contributed by atoms with E-state index in [1.165, 1.54) is 16.7 Å². The summed E-state index contributed by atoms with van der Waals surface area (Å²) in [5.41, 5.74) is 6.39. The molecule has 0 aliphatic carbocycles. The monoisotopic (exact) mass is 367 g/mol. The first-order chi connectivity index (χ1) is 13.0. The molecule has 0 fully saturated rings. The lowest BCUT2D eigenvalue weighted by Gasteiger charge is -2.11. The van der Waals surface area contributed by atoms with E-state index in [0.717, 1.165) is 42.6 Å². The first kappa shape index (κ1) is 22.5. The van der Waals surface area contributed by atoms with Gasteiger partial charge in [-0.15, -0.1) is 0 Å². The fourth-order valence-electron chi connectivity index (χ4n) is 2.86. The normalized spacial score (nSPS) is 13.9. The number of nitrogens with one attached hydrogen (secondary N) is 1. The van der Waals surface area contributed by atoms with Crippen LogP contribution in [0.1, 0.15) is 46.1 Å². The Morgan fingerprint density at radius 1 is 1.19 bits per heavy atom. The van der Waals surface area contributed by atoms with Crippen molar-refractivity contribution < 1.29 is 9.53 Å². The van der Waals surface area contributed by atoms with Crippen LogP contribution in [0.2, 0.25) is 0 Å². The van der Waals surface area contributed by atoms with E-state index in [9.17, 15) is 4.79 Å². The summed E-state index contributed by atoms with van der Waals surface area (Å²) in [6.07, 6.45) is 9.66. The average molecular weight is 368 g/mol. The zero-order valence-corrected chi connectivity index (χ0v) is 17.6. The number of benzene rings is 1. The number of rotatable bonds is 10. The quantitative estimate of drug-likeness (QED) is 0.335. The maximum Gasteiger partial charge on any atom is 0.150 e. The number of allylic oxidation sites excluding steroid dienone is 7. The Morgan fingerprint density at radius 2 is 1.93 bits per heavy atom. The summed E-state index contributed by atoms with van der Waals surface area (Å²) in [4.78, 5) is 11.7. The maximum atomic E-state index is 11.7. The van der Waals surface area contributed by atoms with Crippen molar-refractivity contribution in [2.75, 3.05) is 14.2 Å². The Morgan fingerprint density at radius 3 is 2.48 bits per heavy atom. The summed E-state index contributed by atoms with van der Waals surface area (Å²) in [6, 6.07) is 8.07. The lowest BCUT2D eigenvalue weighted by atomic mass is 9.96. The van der Waals surface area contributed by atoms with Crippen molar-refractivity contribution in [2.45, 2.75) is 47.0 Å². The molecular formula is C24H33NO2. The molecule has 0 bridgehead atoms. The number of hydrogen-bond donors (Lipinski definition) is 1. The molecule has 3 heteroatoms. The number of hydrogen-bond acceptors (Lipinski definition) is 3. The van der Waals surface area contributed by atoms with Gasteiger partial charge in [0, 0.05) is 18.3 Å². The van der Waals surface area contributed by atoms with Gasteiger partial charge in [0.05, 0.1) is 7.11 Å². The Bertz CT molecular complexity index is 751. The molecule has 0 radical (unpaired) electrons. The van der Waals surface area contributed by atoms with Gasteiger partial charge in [0.15, 0.2) is 0 Å². The SMILES string of the molecule is CC/C=C(NC)/C(C)=C/C(C=O)=C\C(Cc1cccc(OC)c1)=C(/C)CC. The number of methoxy groups -OCH3 is 1. The highest BCUT2D eigenvalue weighted by atomic mass is 16.5. The molecule has 1 aromatic rings. The van der Waals surface area contributed by atoms with Crippen LogP contribution in [0, 0.1) is 0 Å². The van der Waals surface area contributed by atoms with Gasteiger partial charge in [-0.25, -0.2) is 0 Å². The van der Waals surface area contributed by atoms with Crippen molar-refractivity contribution in [1.82, 2.24) is 5.32 Å². The molecule has 0 aliphatic heterocycles. The van der Waals surface area contributed by atoms with E-state index in [-0.39, 0.29) is 0 Å². The van der Waals surface area contributed by atoms with E-state index < -0.39 is 0 Å². The fraction of sp³-hybridized carbons (Fsp3) is 0.375. The number of carbonyl (C=O) groups is 1. The van der Waals surface area contributed by atoms with Crippen molar-refractivity contribution in [1.29, 1.82) is 0 Å². The van der Waals surface area contributed by atoms with Gasteiger partial charge in [-0.2, -0.15) is 0 Å². The van der Waals surface area contributed by atoms with Gasteiger partial charge in [0.1, 0.15) is 12.0 Å². The molecule has 0 aromatic heterocycles. The van der Waals surface area contributed by atoms with Gasteiger partial charge in [-0.3, -0.25) is 4.79 Å². The molecule has 0 saturated heterocycles. The van der Waals surface area contributed by atoms with E-state index in [0.29, 0.717) is 5.57 Å². The second kappa shape index (κ2) is 11.9. The topological polar surface area (TPSA) is 38.3 Å². The first-order valence-electron chi connectivity index (χ1n) is 9.53. The van der Waals surface area contributed by atoms with Crippen LogP contribution in [0.3, 0.4) is 0 Å². The van der Waals surface area contributed by atoms with Crippen LogP contribution in [0.4, 0.5) is 0 Å². The summed E-state index contributed by atoms with van der Waals surface area (Å²) < 4.78 is 5.33. The Hall–Kier alpha value is -2.55. The lowest BCUT2D eigenvalue weighted by Crippen LogP contribution is -2.07. The van der Waals surface area contributed by atoms with E-state index >= 15 is 0 Å². The van der Waals surface area contributed by atoms with E-state index in [4.69, 9.17) is 4.74 Å². The molecule has 27 heavy (non-hydrogen) atoms. The third-order valence-corrected chi connectivity index (χ3v) is 4.57. The Kier molecular flexibility index (Phi) is 9.95. The van der Waals surface area contributed by atoms with Gasteiger partial charge in [0.2, 0.25) is 0 Å². The summed E-state index contributed by atoms with van der Waals surface area (Å²) in [5, 5.41) is 3.20. The van der Waals surface area contributed by atoms with Gasteiger partial charge >= 0.3 is 0 Å². The molecule has 1 N–H and O–H groups in total. The van der Waals surface area contributed by atoms with Gasteiger partial charge in [0.25, 0.3) is 0 Å². The summed E-state index contributed by atoms with van der Waals surface area (Å²) >= 11 is 0. The molecule has 0 heterocycles. The van der Waals surface area contributed by atoms with E-state index in [1.54, 1.807) is 7.11 Å². The van der Waals surface area contributed by atoms with Crippen molar-refractivity contribution in [3.63, 3.8) is 0 Å². The molecule has 1 aromatic carbocycles. The Balaban J connectivity index is 3.26. The van der Waals surface area contributed by atoms with Gasteiger partial charge in [-0.1, -0.05) is 37.6 Å².